The Hall–Kier alpha value is -3.94. The molecular weight excluding hydrogens is 378 g/mol. The van der Waals surface area contributed by atoms with Gasteiger partial charge in [-0.15, -0.1) is 0 Å². The molecule has 1 amide bonds. The molecule has 0 bridgehead atoms. The summed E-state index contributed by atoms with van der Waals surface area (Å²) in [6.07, 6.45) is 0. The minimum Gasteiger partial charge on any atom is -0.366 e. The Morgan fingerprint density at radius 1 is 1.07 bits per heavy atom. The van der Waals surface area contributed by atoms with E-state index in [9.17, 15) is 4.79 Å². The molecule has 0 atom stereocenters. The summed E-state index contributed by atoms with van der Waals surface area (Å²) in [4.78, 5) is 27.5. The number of fused-ring (bicyclic) bond motifs is 1. The van der Waals surface area contributed by atoms with Crippen LogP contribution in [0.5, 0.6) is 0 Å². The standard InChI is InChI=1S/C22H23N7O/c1-14-12-17-16(19(23)30)10-7-11-18(17)29(14)22-26-20(25-21(27-22)28(2)3)24-13-15-8-5-4-6-9-15/h4-12H,13H2,1-3H3,(H2,23,30)(H,24,25,26,27). The van der Waals surface area contributed by atoms with Crippen molar-refractivity contribution in [1.82, 2.24) is 19.5 Å². The van der Waals surface area contributed by atoms with Crippen LogP contribution < -0.4 is 16.0 Å². The Labute approximate surface area is 174 Å². The molecule has 0 aliphatic rings. The maximum absolute atomic E-state index is 11.8. The third-order valence-corrected chi connectivity index (χ3v) is 4.80. The first-order chi connectivity index (χ1) is 14.4. The molecular formula is C22H23N7O. The number of nitrogens with one attached hydrogen (secondary N) is 1. The molecule has 30 heavy (non-hydrogen) atoms. The van der Waals surface area contributed by atoms with Gasteiger partial charge in [0.25, 0.3) is 0 Å². The maximum Gasteiger partial charge on any atom is 0.249 e. The molecule has 8 heteroatoms. The van der Waals surface area contributed by atoms with Crippen molar-refractivity contribution in [2.75, 3.05) is 24.3 Å². The van der Waals surface area contributed by atoms with Crippen LogP contribution in [-0.2, 0) is 6.54 Å². The Morgan fingerprint density at radius 2 is 1.83 bits per heavy atom. The molecule has 4 rings (SSSR count). The molecule has 0 aliphatic heterocycles. The fourth-order valence-electron chi connectivity index (χ4n) is 3.35. The minimum atomic E-state index is -0.465. The zero-order valence-corrected chi connectivity index (χ0v) is 17.1. The molecule has 0 aliphatic carbocycles. The van der Waals surface area contributed by atoms with Crippen molar-refractivity contribution in [3.63, 3.8) is 0 Å². The first-order valence-electron chi connectivity index (χ1n) is 9.56. The van der Waals surface area contributed by atoms with E-state index in [2.05, 4.69) is 20.3 Å². The lowest BCUT2D eigenvalue weighted by Gasteiger charge is -2.15. The second kappa shape index (κ2) is 7.82. The van der Waals surface area contributed by atoms with Crippen molar-refractivity contribution < 1.29 is 4.79 Å². The molecule has 8 nitrogen and oxygen atoms in total. The van der Waals surface area contributed by atoms with Crippen LogP contribution in [0.25, 0.3) is 16.9 Å². The molecule has 0 unspecified atom stereocenters. The van der Waals surface area contributed by atoms with E-state index in [-0.39, 0.29) is 0 Å². The summed E-state index contributed by atoms with van der Waals surface area (Å²) in [5.41, 5.74) is 8.86. The third-order valence-electron chi connectivity index (χ3n) is 4.80. The van der Waals surface area contributed by atoms with Gasteiger partial charge in [0.05, 0.1) is 5.52 Å². The van der Waals surface area contributed by atoms with Crippen molar-refractivity contribution in [3.05, 3.63) is 71.4 Å². The maximum atomic E-state index is 11.8. The number of aryl methyl sites for hydroxylation is 1. The van der Waals surface area contributed by atoms with Crippen molar-refractivity contribution >= 4 is 28.7 Å². The van der Waals surface area contributed by atoms with Crippen LogP contribution in [0.4, 0.5) is 11.9 Å². The van der Waals surface area contributed by atoms with Gasteiger partial charge in [-0.05, 0) is 30.7 Å². The normalized spacial score (nSPS) is 10.9. The highest BCUT2D eigenvalue weighted by molar-refractivity contribution is 6.06. The van der Waals surface area contributed by atoms with Crippen LogP contribution in [-0.4, -0.2) is 39.5 Å². The lowest BCUT2D eigenvalue weighted by molar-refractivity contribution is 0.100. The Balaban J connectivity index is 1.80. The molecule has 4 aromatic rings. The first kappa shape index (κ1) is 19.4. The Bertz CT molecular complexity index is 1220. The number of nitrogens with two attached hydrogens (primary N) is 1. The number of benzene rings is 2. The lowest BCUT2D eigenvalue weighted by Crippen LogP contribution is -2.17. The third kappa shape index (κ3) is 3.67. The van der Waals surface area contributed by atoms with E-state index in [1.54, 1.807) is 12.1 Å². The number of carbonyl (C=O) groups excluding carboxylic acids is 1. The van der Waals surface area contributed by atoms with Crippen molar-refractivity contribution in [3.8, 4) is 5.95 Å². The molecule has 0 saturated heterocycles. The summed E-state index contributed by atoms with van der Waals surface area (Å²) in [6.45, 7) is 2.54. The SMILES string of the molecule is Cc1cc2c(C(N)=O)cccc2n1-c1nc(NCc2ccccc2)nc(N(C)C)n1. The quantitative estimate of drug-likeness (QED) is 0.515. The van der Waals surface area contributed by atoms with E-state index in [1.807, 2.05) is 73.0 Å². The first-order valence-corrected chi connectivity index (χ1v) is 9.56. The van der Waals surface area contributed by atoms with Gasteiger partial charge < -0.3 is 16.0 Å². The molecule has 0 fully saturated rings. The predicted octanol–water partition coefficient (Wildman–Crippen LogP) is 2.90. The van der Waals surface area contributed by atoms with E-state index in [1.165, 1.54) is 0 Å². The number of hydrogen-bond donors (Lipinski definition) is 2. The number of carbonyl (C=O) groups is 1. The monoisotopic (exact) mass is 401 g/mol. The molecule has 0 radical (unpaired) electrons. The van der Waals surface area contributed by atoms with Crippen molar-refractivity contribution in [2.45, 2.75) is 13.5 Å². The van der Waals surface area contributed by atoms with E-state index >= 15 is 0 Å². The van der Waals surface area contributed by atoms with Gasteiger partial charge in [-0.25, -0.2) is 0 Å². The average Bonchev–Trinajstić information content (AvgIpc) is 3.08. The van der Waals surface area contributed by atoms with E-state index in [4.69, 9.17) is 5.73 Å². The second-order valence-corrected chi connectivity index (χ2v) is 7.22. The number of anilines is 2. The van der Waals surface area contributed by atoms with Crippen molar-refractivity contribution in [1.29, 1.82) is 0 Å². The Morgan fingerprint density at radius 3 is 2.53 bits per heavy atom. The summed E-state index contributed by atoms with van der Waals surface area (Å²) in [5, 5.41) is 4.05. The molecule has 2 aromatic heterocycles. The largest absolute Gasteiger partial charge is 0.366 e. The number of aromatic nitrogens is 4. The van der Waals surface area contributed by atoms with E-state index < -0.39 is 5.91 Å². The summed E-state index contributed by atoms with van der Waals surface area (Å²) in [5.74, 6) is 1.01. The number of rotatable bonds is 6. The lowest BCUT2D eigenvalue weighted by atomic mass is 10.1. The smallest absolute Gasteiger partial charge is 0.249 e. The van der Waals surface area contributed by atoms with Crippen LogP contribution in [0.1, 0.15) is 21.6 Å². The van der Waals surface area contributed by atoms with Gasteiger partial charge in [0, 0.05) is 37.3 Å². The zero-order chi connectivity index (χ0) is 21.3. The average molecular weight is 401 g/mol. The van der Waals surface area contributed by atoms with E-state index in [0.29, 0.717) is 30.0 Å². The highest BCUT2D eigenvalue weighted by atomic mass is 16.1. The number of amides is 1. The van der Waals surface area contributed by atoms with Crippen LogP contribution >= 0.6 is 0 Å². The van der Waals surface area contributed by atoms with Crippen LogP contribution in [0, 0.1) is 6.92 Å². The number of primary amides is 1. The van der Waals surface area contributed by atoms with Gasteiger partial charge >= 0.3 is 0 Å². The highest BCUT2D eigenvalue weighted by Crippen LogP contribution is 2.26. The Kier molecular flexibility index (Phi) is 5.05. The van der Waals surface area contributed by atoms with E-state index in [0.717, 1.165) is 22.2 Å². The summed E-state index contributed by atoms with van der Waals surface area (Å²) < 4.78 is 1.91. The van der Waals surface area contributed by atoms with Gasteiger partial charge in [-0.3, -0.25) is 9.36 Å². The molecule has 3 N–H and O–H groups in total. The molecule has 2 aromatic carbocycles. The second-order valence-electron chi connectivity index (χ2n) is 7.22. The molecule has 152 valence electrons. The fourth-order valence-corrected chi connectivity index (χ4v) is 3.35. The zero-order valence-electron chi connectivity index (χ0n) is 17.1. The van der Waals surface area contributed by atoms with Crippen molar-refractivity contribution in [2.24, 2.45) is 5.73 Å². The van der Waals surface area contributed by atoms with Gasteiger partial charge in [-0.2, -0.15) is 15.0 Å². The number of nitrogens with zero attached hydrogens (tertiary/aromatic N) is 5. The van der Waals surface area contributed by atoms with Gasteiger partial charge in [-0.1, -0.05) is 36.4 Å². The van der Waals surface area contributed by atoms with Gasteiger partial charge in [0.1, 0.15) is 0 Å². The van der Waals surface area contributed by atoms with Crippen LogP contribution in [0.15, 0.2) is 54.6 Å². The fraction of sp³-hybridized carbons (Fsp3) is 0.182. The summed E-state index contributed by atoms with van der Waals surface area (Å²) in [7, 11) is 3.76. The number of hydrogen-bond acceptors (Lipinski definition) is 6. The topological polar surface area (TPSA) is 102 Å². The summed E-state index contributed by atoms with van der Waals surface area (Å²) >= 11 is 0. The summed E-state index contributed by atoms with van der Waals surface area (Å²) in [6, 6.07) is 17.4. The minimum absolute atomic E-state index is 0.465. The van der Waals surface area contributed by atoms with Gasteiger partial charge in [0.2, 0.25) is 23.8 Å². The molecule has 0 spiro atoms. The van der Waals surface area contributed by atoms with Crippen LogP contribution in [0.2, 0.25) is 0 Å². The van der Waals surface area contributed by atoms with Gasteiger partial charge in [0.15, 0.2) is 0 Å². The molecule has 0 saturated carbocycles. The highest BCUT2D eigenvalue weighted by Gasteiger charge is 2.17. The predicted molar refractivity (Wildman–Crippen MR) is 118 cm³/mol. The van der Waals surface area contributed by atoms with Crippen LogP contribution in [0.3, 0.4) is 0 Å². The molecule has 2 heterocycles.